The van der Waals surface area contributed by atoms with Gasteiger partial charge in [-0.2, -0.15) is 0 Å². The van der Waals surface area contributed by atoms with Gasteiger partial charge in [0.2, 0.25) is 0 Å². The topological polar surface area (TPSA) is 20.2 Å². The van der Waals surface area contributed by atoms with E-state index in [1.165, 1.54) is 19.3 Å². The van der Waals surface area contributed by atoms with Crippen LogP contribution in [0.25, 0.3) is 0 Å². The molecule has 0 saturated heterocycles. The van der Waals surface area contributed by atoms with E-state index >= 15 is 0 Å². The first-order valence-electron chi connectivity index (χ1n) is 4.96. The lowest BCUT2D eigenvalue weighted by atomic mass is 9.81. The molecule has 3 heteroatoms. The maximum atomic E-state index is 9.83. The summed E-state index contributed by atoms with van der Waals surface area (Å²) in [5.41, 5.74) is -1.02. The lowest BCUT2D eigenvalue weighted by molar-refractivity contribution is 0.0342. The molecule has 1 rings (SSSR count). The molecule has 0 radical (unpaired) electrons. The fraction of sp³-hybridized carbons (Fsp3) is 1.00. The molecule has 78 valence electrons. The summed E-state index contributed by atoms with van der Waals surface area (Å²) in [6.45, 7) is 3.36. The molecule has 0 aromatic heterocycles. The van der Waals surface area contributed by atoms with Gasteiger partial charge in [-0.05, 0) is 32.6 Å². The van der Waals surface area contributed by atoms with Crippen molar-refractivity contribution in [3.05, 3.63) is 0 Å². The van der Waals surface area contributed by atoms with Gasteiger partial charge in [0.05, 0.1) is 5.60 Å². The van der Waals surface area contributed by atoms with Crippen LogP contribution >= 0.6 is 23.2 Å². The monoisotopic (exact) mass is 224 g/mol. The van der Waals surface area contributed by atoms with Gasteiger partial charge in [0.1, 0.15) is 4.33 Å². The van der Waals surface area contributed by atoms with Crippen molar-refractivity contribution in [3.8, 4) is 0 Å². The van der Waals surface area contributed by atoms with Crippen molar-refractivity contribution in [3.63, 3.8) is 0 Å². The summed E-state index contributed by atoms with van der Waals surface area (Å²) in [6, 6.07) is 0. The van der Waals surface area contributed by atoms with Crippen LogP contribution in [-0.2, 0) is 0 Å². The summed E-state index contributed by atoms with van der Waals surface area (Å²) in [6.07, 6.45) is 5.71. The highest BCUT2D eigenvalue weighted by atomic mass is 35.5. The molecule has 0 atom stereocenters. The molecule has 1 saturated carbocycles. The highest BCUT2D eigenvalue weighted by Crippen LogP contribution is 2.46. The minimum Gasteiger partial charge on any atom is -0.387 e. The van der Waals surface area contributed by atoms with E-state index in [2.05, 4.69) is 0 Å². The van der Waals surface area contributed by atoms with Gasteiger partial charge in [0.25, 0.3) is 0 Å². The van der Waals surface area contributed by atoms with Crippen molar-refractivity contribution in [1.29, 1.82) is 0 Å². The molecule has 0 aliphatic heterocycles. The van der Waals surface area contributed by atoms with E-state index in [1.54, 1.807) is 13.8 Å². The molecule has 0 aromatic carbocycles. The molecule has 0 aromatic rings. The molecule has 0 bridgehead atoms. The first-order chi connectivity index (χ1) is 5.86. The lowest BCUT2D eigenvalue weighted by Gasteiger charge is -2.40. The average molecular weight is 225 g/mol. The van der Waals surface area contributed by atoms with Gasteiger partial charge in [-0.1, -0.05) is 42.5 Å². The number of hydrogen-bond acceptors (Lipinski definition) is 1. The first kappa shape index (κ1) is 11.6. The maximum Gasteiger partial charge on any atom is 0.148 e. The minimum atomic E-state index is -1.02. The average Bonchev–Trinajstić information content (AvgIpc) is 2.04. The summed E-state index contributed by atoms with van der Waals surface area (Å²) in [4.78, 5) is 0. The Labute approximate surface area is 90.4 Å². The third-order valence-electron chi connectivity index (χ3n) is 2.93. The quantitative estimate of drug-likeness (QED) is 0.713. The van der Waals surface area contributed by atoms with E-state index in [0.29, 0.717) is 0 Å². The Morgan fingerprint density at radius 1 is 1.08 bits per heavy atom. The largest absolute Gasteiger partial charge is 0.387 e. The second kappa shape index (κ2) is 3.96. The van der Waals surface area contributed by atoms with Crippen LogP contribution in [0.4, 0.5) is 0 Å². The number of hydrogen-bond donors (Lipinski definition) is 1. The molecule has 1 aliphatic carbocycles. The molecular formula is C10H18Cl2O. The smallest absolute Gasteiger partial charge is 0.148 e. The van der Waals surface area contributed by atoms with Crippen LogP contribution in [-0.4, -0.2) is 15.0 Å². The molecular weight excluding hydrogens is 207 g/mol. The van der Waals surface area contributed by atoms with Crippen LogP contribution in [0.3, 0.4) is 0 Å². The summed E-state index contributed by atoms with van der Waals surface area (Å²) in [7, 11) is 0. The fourth-order valence-electron chi connectivity index (χ4n) is 1.96. The zero-order valence-electron chi connectivity index (χ0n) is 8.32. The Kier molecular flexibility index (Phi) is 3.54. The summed E-state index contributed by atoms with van der Waals surface area (Å²) >= 11 is 12.4. The van der Waals surface area contributed by atoms with Gasteiger partial charge in [0, 0.05) is 0 Å². The van der Waals surface area contributed by atoms with E-state index in [9.17, 15) is 5.11 Å². The van der Waals surface area contributed by atoms with Crippen molar-refractivity contribution < 1.29 is 5.11 Å². The Bertz CT molecular complexity index is 166. The number of halogens is 2. The maximum absolute atomic E-state index is 9.83. The molecule has 0 unspecified atom stereocenters. The number of rotatable bonds is 2. The third kappa shape index (κ3) is 2.51. The zero-order valence-corrected chi connectivity index (χ0v) is 9.83. The standard InChI is InChI=1S/C10H18Cl2O/c1-9(2,13)10(11,12)8-6-4-3-5-7-8/h8,13H,3-7H2,1-2H3. The predicted molar refractivity (Wildman–Crippen MR) is 57.3 cm³/mol. The highest BCUT2D eigenvalue weighted by Gasteiger charge is 2.46. The zero-order chi connectivity index (χ0) is 10.1. The van der Waals surface area contributed by atoms with Crippen LogP contribution in [0.5, 0.6) is 0 Å². The molecule has 1 fully saturated rings. The van der Waals surface area contributed by atoms with Gasteiger partial charge in [-0.3, -0.25) is 0 Å². The molecule has 0 amide bonds. The van der Waals surface area contributed by atoms with Crippen molar-refractivity contribution >= 4 is 23.2 Å². The van der Waals surface area contributed by atoms with E-state index in [0.717, 1.165) is 12.8 Å². The SMILES string of the molecule is CC(C)(O)C(Cl)(Cl)C1CCCCC1. The third-order valence-corrected chi connectivity index (χ3v) is 4.48. The number of alkyl halides is 2. The highest BCUT2D eigenvalue weighted by molar-refractivity contribution is 6.49. The summed E-state index contributed by atoms with van der Waals surface area (Å²) in [5.74, 6) is 0.240. The Balaban J connectivity index is 2.67. The van der Waals surface area contributed by atoms with Crippen LogP contribution in [0.2, 0.25) is 0 Å². The molecule has 1 N–H and O–H groups in total. The normalized spacial score (nSPS) is 21.9. The van der Waals surface area contributed by atoms with Crippen molar-refractivity contribution in [2.45, 2.75) is 55.9 Å². The van der Waals surface area contributed by atoms with Crippen molar-refractivity contribution in [2.24, 2.45) is 5.92 Å². The van der Waals surface area contributed by atoms with Crippen LogP contribution in [0.1, 0.15) is 46.0 Å². The van der Waals surface area contributed by atoms with Gasteiger partial charge in [-0.25, -0.2) is 0 Å². The first-order valence-corrected chi connectivity index (χ1v) is 5.71. The Morgan fingerprint density at radius 3 is 1.92 bits per heavy atom. The van der Waals surface area contributed by atoms with E-state index < -0.39 is 9.93 Å². The molecule has 0 spiro atoms. The summed E-state index contributed by atoms with van der Waals surface area (Å²) < 4.78 is -0.993. The van der Waals surface area contributed by atoms with E-state index in [4.69, 9.17) is 23.2 Å². The Morgan fingerprint density at radius 2 is 1.54 bits per heavy atom. The van der Waals surface area contributed by atoms with Crippen LogP contribution in [0, 0.1) is 5.92 Å². The molecule has 0 heterocycles. The van der Waals surface area contributed by atoms with E-state index in [-0.39, 0.29) is 5.92 Å². The minimum absolute atomic E-state index is 0.240. The van der Waals surface area contributed by atoms with Crippen molar-refractivity contribution in [2.75, 3.05) is 0 Å². The second-order valence-electron chi connectivity index (χ2n) is 4.52. The van der Waals surface area contributed by atoms with Gasteiger partial charge in [-0.15, -0.1) is 0 Å². The summed E-state index contributed by atoms with van der Waals surface area (Å²) in [5, 5.41) is 9.83. The van der Waals surface area contributed by atoms with Crippen LogP contribution < -0.4 is 0 Å². The fourth-order valence-corrected chi connectivity index (χ4v) is 2.40. The molecule has 13 heavy (non-hydrogen) atoms. The number of aliphatic hydroxyl groups is 1. The van der Waals surface area contributed by atoms with E-state index in [1.807, 2.05) is 0 Å². The second-order valence-corrected chi connectivity index (χ2v) is 5.90. The lowest BCUT2D eigenvalue weighted by Crippen LogP contribution is -2.47. The van der Waals surface area contributed by atoms with Gasteiger partial charge < -0.3 is 5.11 Å². The van der Waals surface area contributed by atoms with Gasteiger partial charge >= 0.3 is 0 Å². The molecule has 1 aliphatic rings. The Hall–Kier alpha value is 0.540. The van der Waals surface area contributed by atoms with Crippen LogP contribution in [0.15, 0.2) is 0 Å². The van der Waals surface area contributed by atoms with Crippen molar-refractivity contribution in [1.82, 2.24) is 0 Å². The predicted octanol–water partition coefficient (Wildman–Crippen LogP) is 3.51. The molecule has 1 nitrogen and oxygen atoms in total. The van der Waals surface area contributed by atoms with Gasteiger partial charge in [0.15, 0.2) is 0 Å².